The van der Waals surface area contributed by atoms with Gasteiger partial charge >= 0.3 is 0 Å². The predicted molar refractivity (Wildman–Crippen MR) is 82.7 cm³/mol. The summed E-state index contributed by atoms with van der Waals surface area (Å²) in [5.41, 5.74) is 6.94. The van der Waals surface area contributed by atoms with E-state index in [1.807, 2.05) is 38.1 Å². The number of carbonyl (C=O) groups is 2. The Balaban J connectivity index is 2.13. The van der Waals surface area contributed by atoms with Crippen LogP contribution in [-0.4, -0.2) is 36.3 Å². The highest BCUT2D eigenvalue weighted by atomic mass is 16.2. The fourth-order valence-electron chi connectivity index (χ4n) is 2.61. The number of benzene rings is 1. The van der Waals surface area contributed by atoms with Gasteiger partial charge in [0.2, 0.25) is 11.8 Å². The minimum atomic E-state index is -0.448. The van der Waals surface area contributed by atoms with Crippen molar-refractivity contribution in [3.8, 4) is 0 Å². The molecule has 0 aliphatic heterocycles. The number of nitrogens with two attached hydrogens (primary N) is 1. The van der Waals surface area contributed by atoms with Crippen LogP contribution in [-0.2, 0) is 15.0 Å². The molecule has 5 heteroatoms. The number of nitrogen functional groups attached to an aromatic ring is 1. The lowest BCUT2D eigenvalue weighted by molar-refractivity contribution is -0.138. The van der Waals surface area contributed by atoms with E-state index in [1.165, 1.54) is 0 Å². The number of anilines is 1. The average Bonchev–Trinajstić information content (AvgIpc) is 3.27. The maximum Gasteiger partial charge on any atom is 0.239 e. The highest BCUT2D eigenvalue weighted by Crippen LogP contribution is 2.49. The average molecular weight is 289 g/mol. The molecule has 0 aromatic heterocycles. The van der Waals surface area contributed by atoms with Crippen molar-refractivity contribution in [2.45, 2.75) is 32.1 Å². The van der Waals surface area contributed by atoms with Crippen LogP contribution in [0.5, 0.6) is 0 Å². The molecule has 5 nitrogen and oxygen atoms in total. The molecular weight excluding hydrogens is 266 g/mol. The van der Waals surface area contributed by atoms with Gasteiger partial charge in [-0.15, -0.1) is 0 Å². The van der Waals surface area contributed by atoms with Gasteiger partial charge in [0.25, 0.3) is 0 Å². The van der Waals surface area contributed by atoms with Crippen molar-refractivity contribution >= 4 is 17.5 Å². The zero-order valence-electron chi connectivity index (χ0n) is 12.7. The fraction of sp³-hybridized carbons (Fsp3) is 0.500. The number of nitrogens with one attached hydrogen (secondary N) is 1. The minimum Gasteiger partial charge on any atom is -0.399 e. The first-order valence-corrected chi connectivity index (χ1v) is 7.45. The molecule has 0 atom stereocenters. The van der Waals surface area contributed by atoms with Gasteiger partial charge in [-0.3, -0.25) is 9.59 Å². The third-order valence-electron chi connectivity index (χ3n) is 4.00. The second-order valence-corrected chi connectivity index (χ2v) is 5.48. The van der Waals surface area contributed by atoms with Gasteiger partial charge in [-0.05, 0) is 44.4 Å². The summed E-state index contributed by atoms with van der Waals surface area (Å²) >= 11 is 0. The predicted octanol–water partition coefficient (Wildman–Crippen LogP) is 1.29. The lowest BCUT2D eigenvalue weighted by Gasteiger charge is -2.26. The Kier molecular flexibility index (Phi) is 4.50. The molecule has 0 radical (unpaired) electrons. The maximum atomic E-state index is 12.8. The van der Waals surface area contributed by atoms with Gasteiger partial charge < -0.3 is 16.0 Å². The van der Waals surface area contributed by atoms with Crippen molar-refractivity contribution in [1.29, 1.82) is 0 Å². The lowest BCUT2D eigenvalue weighted by Crippen LogP contribution is -2.45. The molecule has 114 valence electrons. The Morgan fingerprint density at radius 3 is 2.33 bits per heavy atom. The van der Waals surface area contributed by atoms with E-state index in [0.29, 0.717) is 18.8 Å². The summed E-state index contributed by atoms with van der Waals surface area (Å²) in [5.74, 6) is -0.0677. The second-order valence-electron chi connectivity index (χ2n) is 5.48. The third kappa shape index (κ3) is 3.17. The molecule has 1 aromatic carbocycles. The molecule has 1 aromatic rings. The molecule has 1 aliphatic carbocycles. The van der Waals surface area contributed by atoms with Crippen molar-refractivity contribution < 1.29 is 9.59 Å². The van der Waals surface area contributed by atoms with Crippen LogP contribution in [0.3, 0.4) is 0 Å². The number of hydrogen-bond acceptors (Lipinski definition) is 3. The highest BCUT2D eigenvalue weighted by molar-refractivity contribution is 5.94. The van der Waals surface area contributed by atoms with E-state index < -0.39 is 5.41 Å². The molecule has 3 N–H and O–H groups in total. The van der Waals surface area contributed by atoms with E-state index in [-0.39, 0.29) is 18.4 Å². The minimum absolute atomic E-state index is 0.0426. The van der Waals surface area contributed by atoms with Crippen LogP contribution in [0.4, 0.5) is 5.69 Å². The Morgan fingerprint density at radius 1 is 1.24 bits per heavy atom. The number of rotatable bonds is 6. The second kappa shape index (κ2) is 6.16. The summed E-state index contributed by atoms with van der Waals surface area (Å²) in [4.78, 5) is 26.2. The first-order valence-electron chi connectivity index (χ1n) is 7.45. The molecule has 0 spiro atoms. The van der Waals surface area contributed by atoms with E-state index in [2.05, 4.69) is 5.32 Å². The van der Waals surface area contributed by atoms with Gasteiger partial charge in [0.15, 0.2) is 0 Å². The first kappa shape index (κ1) is 15.4. The summed E-state index contributed by atoms with van der Waals surface area (Å²) in [6.45, 7) is 5.00. The van der Waals surface area contributed by atoms with E-state index in [1.54, 1.807) is 4.90 Å². The summed E-state index contributed by atoms with van der Waals surface area (Å²) in [5, 5.41) is 2.73. The molecule has 2 rings (SSSR count). The highest BCUT2D eigenvalue weighted by Gasteiger charge is 2.52. The molecule has 0 bridgehead atoms. The summed E-state index contributed by atoms with van der Waals surface area (Å²) < 4.78 is 0. The van der Waals surface area contributed by atoms with Gasteiger partial charge in [-0.2, -0.15) is 0 Å². The van der Waals surface area contributed by atoms with Crippen molar-refractivity contribution in [2.75, 3.05) is 25.4 Å². The molecule has 21 heavy (non-hydrogen) atoms. The SMILES string of the molecule is CCNC(=O)CN(CC)C(=O)C1(c2ccc(N)cc2)CC1. The van der Waals surface area contributed by atoms with E-state index in [4.69, 9.17) is 5.73 Å². The quantitative estimate of drug-likeness (QED) is 0.775. The number of amides is 2. The molecule has 0 heterocycles. The van der Waals surface area contributed by atoms with E-state index >= 15 is 0 Å². The standard InChI is InChI=1S/C16H23N3O2/c1-3-18-14(20)11-19(4-2)15(21)16(9-10-16)12-5-7-13(17)8-6-12/h5-8H,3-4,9-11,17H2,1-2H3,(H,18,20). The number of likely N-dealkylation sites (N-methyl/N-ethyl adjacent to an activating group) is 2. The number of nitrogens with zero attached hydrogens (tertiary/aromatic N) is 1. The van der Waals surface area contributed by atoms with Crippen LogP contribution in [0.2, 0.25) is 0 Å². The monoisotopic (exact) mass is 289 g/mol. The topological polar surface area (TPSA) is 75.4 Å². The Hall–Kier alpha value is -2.04. The zero-order valence-corrected chi connectivity index (χ0v) is 12.7. The fourth-order valence-corrected chi connectivity index (χ4v) is 2.61. The number of hydrogen-bond donors (Lipinski definition) is 2. The van der Waals surface area contributed by atoms with E-state index in [9.17, 15) is 9.59 Å². The summed E-state index contributed by atoms with van der Waals surface area (Å²) in [7, 11) is 0. The Labute approximate surface area is 125 Å². The van der Waals surface area contributed by atoms with Crippen molar-refractivity contribution in [2.24, 2.45) is 0 Å². The van der Waals surface area contributed by atoms with Crippen molar-refractivity contribution in [1.82, 2.24) is 10.2 Å². The Bertz CT molecular complexity index is 521. The molecule has 1 saturated carbocycles. The van der Waals surface area contributed by atoms with Gasteiger partial charge in [0, 0.05) is 18.8 Å². The van der Waals surface area contributed by atoms with Crippen LogP contribution in [0.1, 0.15) is 32.3 Å². The maximum absolute atomic E-state index is 12.8. The van der Waals surface area contributed by atoms with Gasteiger partial charge in [0.1, 0.15) is 0 Å². The van der Waals surface area contributed by atoms with Crippen LogP contribution >= 0.6 is 0 Å². The summed E-state index contributed by atoms with van der Waals surface area (Å²) in [6.07, 6.45) is 1.67. The van der Waals surface area contributed by atoms with Gasteiger partial charge in [-0.25, -0.2) is 0 Å². The van der Waals surface area contributed by atoms with Crippen LogP contribution in [0.15, 0.2) is 24.3 Å². The third-order valence-corrected chi connectivity index (χ3v) is 4.00. The first-order chi connectivity index (χ1) is 10.0. The largest absolute Gasteiger partial charge is 0.399 e. The molecule has 0 unspecified atom stereocenters. The lowest BCUT2D eigenvalue weighted by atomic mass is 9.94. The smallest absolute Gasteiger partial charge is 0.239 e. The summed E-state index contributed by atoms with van der Waals surface area (Å²) in [6, 6.07) is 7.48. The zero-order chi connectivity index (χ0) is 15.5. The molecule has 2 amide bonds. The van der Waals surface area contributed by atoms with Crippen LogP contribution < -0.4 is 11.1 Å². The van der Waals surface area contributed by atoms with Crippen molar-refractivity contribution in [3.63, 3.8) is 0 Å². The normalized spacial score (nSPS) is 15.3. The van der Waals surface area contributed by atoms with Gasteiger partial charge in [-0.1, -0.05) is 12.1 Å². The molecular formula is C16H23N3O2. The van der Waals surface area contributed by atoms with Crippen LogP contribution in [0.25, 0.3) is 0 Å². The molecule has 1 fully saturated rings. The molecule has 0 saturated heterocycles. The van der Waals surface area contributed by atoms with Crippen molar-refractivity contribution in [3.05, 3.63) is 29.8 Å². The van der Waals surface area contributed by atoms with E-state index in [0.717, 1.165) is 18.4 Å². The Morgan fingerprint density at radius 2 is 1.86 bits per heavy atom. The van der Waals surface area contributed by atoms with Gasteiger partial charge in [0.05, 0.1) is 12.0 Å². The van der Waals surface area contributed by atoms with Crippen LogP contribution in [0, 0.1) is 0 Å². The molecule has 1 aliphatic rings. The number of carbonyl (C=O) groups excluding carboxylic acids is 2.